The smallest absolute Gasteiger partial charge is 0.311 e. The third-order valence-corrected chi connectivity index (χ3v) is 5.38. The molecule has 1 saturated heterocycles. The van der Waals surface area contributed by atoms with Crippen LogP contribution >= 0.6 is 9.12 Å². The fraction of sp³-hybridized carbons (Fsp3) is 0.478. The first-order chi connectivity index (χ1) is 15.1. The third-order valence-electron chi connectivity index (χ3n) is 5.19. The molecule has 0 bridgehead atoms. The Bertz CT molecular complexity index is 750. The van der Waals surface area contributed by atoms with E-state index in [0.717, 1.165) is 11.1 Å². The fourth-order valence-electron chi connectivity index (χ4n) is 3.62. The Labute approximate surface area is 187 Å². The molecule has 3 unspecified atom stereocenters. The molecule has 8 heteroatoms. The predicted octanol–water partition coefficient (Wildman–Crippen LogP) is 3.55. The molecule has 6 atom stereocenters. The molecule has 0 spiro atoms. The first-order valence-electron chi connectivity index (χ1n) is 10.5. The molecule has 2 aromatic carbocycles. The van der Waals surface area contributed by atoms with Crippen LogP contribution in [0.5, 0.6) is 0 Å². The van der Waals surface area contributed by atoms with Crippen LogP contribution in [0.3, 0.4) is 0 Å². The van der Waals surface area contributed by atoms with Gasteiger partial charge in [-0.15, -0.1) is 9.12 Å². The zero-order valence-electron chi connectivity index (χ0n) is 18.4. The Morgan fingerprint density at radius 3 is 1.84 bits per heavy atom. The van der Waals surface area contributed by atoms with Crippen molar-refractivity contribution in [1.29, 1.82) is 0 Å². The average molecular weight is 446 g/mol. The summed E-state index contributed by atoms with van der Waals surface area (Å²) in [5, 5.41) is 0. The van der Waals surface area contributed by atoms with E-state index in [1.54, 1.807) is 14.2 Å². The Morgan fingerprint density at radius 1 is 0.806 bits per heavy atom. The summed E-state index contributed by atoms with van der Waals surface area (Å²) < 4.78 is 36.1. The molecule has 3 rings (SSSR count). The van der Waals surface area contributed by atoms with Crippen LogP contribution in [0.4, 0.5) is 0 Å². The molecular weight excluding hydrogens is 414 g/mol. The monoisotopic (exact) mass is 446 g/mol. The number of ether oxygens (including phenoxy) is 5. The number of benzene rings is 2. The van der Waals surface area contributed by atoms with Crippen LogP contribution in [-0.4, -0.2) is 58.2 Å². The van der Waals surface area contributed by atoms with E-state index >= 15 is 0 Å². The lowest BCUT2D eigenvalue weighted by Crippen LogP contribution is -2.61. The maximum atomic E-state index is 6.37. The van der Waals surface area contributed by atoms with Crippen LogP contribution in [0.25, 0.3) is 0 Å². The second kappa shape index (κ2) is 12.7. The Hall–Kier alpha value is -1.31. The molecule has 0 saturated carbocycles. The minimum atomic E-state index is -0.587. The second-order valence-corrected chi connectivity index (χ2v) is 8.48. The van der Waals surface area contributed by atoms with Gasteiger partial charge in [-0.05, 0) is 11.1 Å². The second-order valence-electron chi connectivity index (χ2n) is 7.54. The molecule has 2 aromatic rings. The van der Waals surface area contributed by atoms with Crippen LogP contribution < -0.4 is 0 Å². The summed E-state index contributed by atoms with van der Waals surface area (Å²) in [7, 11) is 5.87. The quantitative estimate of drug-likeness (QED) is 0.389. The van der Waals surface area contributed by atoms with Crippen molar-refractivity contribution in [3.05, 3.63) is 71.8 Å². The summed E-state index contributed by atoms with van der Waals surface area (Å²) in [6, 6.07) is 20.1. The standard InChI is InChI=1S/C23H32BO6P/c1-24(31)29-16-19-20(27-14-17-10-6-4-7-11-17)21(22(25-2)23(26-3)30-19)28-15-18-12-8-5-9-13-18/h4-13,19-23H,14-16,31H2,1-3H3/t19?,20-,21+,22?,23-/m1/s1. The van der Waals surface area contributed by atoms with Crippen LogP contribution in [0.1, 0.15) is 11.1 Å². The van der Waals surface area contributed by atoms with E-state index in [0.29, 0.717) is 19.8 Å². The number of methoxy groups -OCH3 is 2. The molecule has 1 heterocycles. The third kappa shape index (κ3) is 7.09. The predicted molar refractivity (Wildman–Crippen MR) is 124 cm³/mol. The van der Waals surface area contributed by atoms with E-state index in [-0.39, 0.29) is 12.7 Å². The summed E-state index contributed by atoms with van der Waals surface area (Å²) in [6.07, 6.45) is -2.20. The molecule has 1 aliphatic heterocycles. The highest BCUT2D eigenvalue weighted by Crippen LogP contribution is 2.30. The topological polar surface area (TPSA) is 55.4 Å². The molecule has 6 nitrogen and oxygen atoms in total. The fourth-order valence-corrected chi connectivity index (χ4v) is 3.73. The van der Waals surface area contributed by atoms with Gasteiger partial charge >= 0.3 is 6.64 Å². The number of hydrogen-bond donors (Lipinski definition) is 0. The molecule has 0 radical (unpaired) electrons. The highest BCUT2D eigenvalue weighted by molar-refractivity contribution is 7.60. The largest absolute Gasteiger partial charge is 0.429 e. The van der Waals surface area contributed by atoms with Crippen LogP contribution in [-0.2, 0) is 41.6 Å². The molecule has 168 valence electrons. The summed E-state index contributed by atoms with van der Waals surface area (Å²) in [5.41, 5.74) is 2.15. The van der Waals surface area contributed by atoms with Crippen molar-refractivity contribution >= 4 is 15.8 Å². The van der Waals surface area contributed by atoms with Gasteiger partial charge in [0.15, 0.2) is 6.29 Å². The summed E-state index contributed by atoms with van der Waals surface area (Å²) >= 11 is 0. The first-order valence-corrected chi connectivity index (χ1v) is 11.2. The minimum absolute atomic E-state index is 0.0109. The lowest BCUT2D eigenvalue weighted by molar-refractivity contribution is -0.314. The first kappa shape index (κ1) is 24.3. The van der Waals surface area contributed by atoms with Crippen molar-refractivity contribution in [3.63, 3.8) is 0 Å². The molecule has 1 aliphatic rings. The molecule has 0 aromatic heterocycles. The maximum absolute atomic E-state index is 6.37. The van der Waals surface area contributed by atoms with E-state index in [9.17, 15) is 0 Å². The van der Waals surface area contributed by atoms with Crippen molar-refractivity contribution in [2.75, 3.05) is 20.8 Å². The average Bonchev–Trinajstić information content (AvgIpc) is 2.81. The van der Waals surface area contributed by atoms with Crippen molar-refractivity contribution in [2.45, 2.75) is 50.7 Å². The van der Waals surface area contributed by atoms with E-state index in [1.807, 2.05) is 67.5 Å². The Balaban J connectivity index is 1.81. The SMILES string of the molecule is COC1[C@H](OC)OC(COB(C)P)[C@@H](OCc2ccccc2)[C@@H]1OCc1ccccc1. The minimum Gasteiger partial charge on any atom is -0.429 e. The maximum Gasteiger partial charge on any atom is 0.311 e. The highest BCUT2D eigenvalue weighted by atomic mass is 31.0. The molecule has 1 fully saturated rings. The van der Waals surface area contributed by atoms with Crippen LogP contribution in [0, 0.1) is 0 Å². The zero-order chi connectivity index (χ0) is 22.1. The lowest BCUT2D eigenvalue weighted by Gasteiger charge is -2.45. The van der Waals surface area contributed by atoms with Gasteiger partial charge in [-0.1, -0.05) is 67.5 Å². The van der Waals surface area contributed by atoms with Crippen molar-refractivity contribution < 1.29 is 28.3 Å². The van der Waals surface area contributed by atoms with E-state index in [1.165, 1.54) is 0 Å². The van der Waals surface area contributed by atoms with Gasteiger partial charge in [0.1, 0.15) is 24.4 Å². The lowest BCUT2D eigenvalue weighted by atomic mass is 9.97. The normalized spacial score (nSPS) is 26.0. The molecule has 0 N–H and O–H groups in total. The van der Waals surface area contributed by atoms with Gasteiger partial charge in [0.05, 0.1) is 19.8 Å². The number of hydrogen-bond acceptors (Lipinski definition) is 6. The van der Waals surface area contributed by atoms with Crippen molar-refractivity contribution in [1.82, 2.24) is 0 Å². The van der Waals surface area contributed by atoms with Gasteiger partial charge in [0.2, 0.25) is 0 Å². The molecule has 31 heavy (non-hydrogen) atoms. The van der Waals surface area contributed by atoms with E-state index in [2.05, 4.69) is 9.12 Å². The van der Waals surface area contributed by atoms with Gasteiger partial charge in [-0.3, -0.25) is 0 Å². The highest BCUT2D eigenvalue weighted by Gasteiger charge is 2.48. The molecular formula is C23H32BO6P. The van der Waals surface area contributed by atoms with Gasteiger partial charge in [-0.2, -0.15) is 0 Å². The van der Waals surface area contributed by atoms with Gasteiger partial charge in [-0.25, -0.2) is 0 Å². The van der Waals surface area contributed by atoms with E-state index < -0.39 is 24.6 Å². The van der Waals surface area contributed by atoms with Crippen molar-refractivity contribution in [3.8, 4) is 0 Å². The van der Waals surface area contributed by atoms with Crippen LogP contribution in [0.15, 0.2) is 60.7 Å². The molecule has 0 amide bonds. The van der Waals surface area contributed by atoms with E-state index in [4.69, 9.17) is 28.3 Å². The summed E-state index contributed by atoms with van der Waals surface area (Å²) in [5.74, 6) is 0. The Morgan fingerprint density at radius 2 is 1.35 bits per heavy atom. The van der Waals surface area contributed by atoms with Crippen molar-refractivity contribution in [2.24, 2.45) is 0 Å². The summed E-state index contributed by atoms with van der Waals surface area (Å²) in [4.78, 5) is 0. The number of rotatable bonds is 11. The zero-order valence-corrected chi connectivity index (χ0v) is 19.5. The van der Waals surface area contributed by atoms with Gasteiger partial charge < -0.3 is 28.3 Å². The van der Waals surface area contributed by atoms with Gasteiger partial charge in [0.25, 0.3) is 0 Å². The molecule has 0 aliphatic carbocycles. The van der Waals surface area contributed by atoms with Crippen LogP contribution in [0.2, 0.25) is 6.82 Å². The summed E-state index contributed by atoms with van der Waals surface area (Å²) in [6.45, 7) is 3.17. The van der Waals surface area contributed by atoms with Gasteiger partial charge in [0, 0.05) is 14.2 Å². The Kier molecular flexibility index (Phi) is 9.94.